The molecule has 0 spiro atoms. The summed E-state index contributed by atoms with van der Waals surface area (Å²) >= 11 is 0. The van der Waals surface area contributed by atoms with Gasteiger partial charge in [-0.1, -0.05) is 0 Å². The van der Waals surface area contributed by atoms with E-state index in [1.54, 1.807) is 0 Å². The molecule has 148 valence electrons. The summed E-state index contributed by atoms with van der Waals surface area (Å²) in [6.07, 6.45) is 10.2. The molecule has 7 heteroatoms. The lowest BCUT2D eigenvalue weighted by molar-refractivity contribution is -0.0272. The quantitative estimate of drug-likeness (QED) is 0.746. The zero-order chi connectivity index (χ0) is 19.8. The highest BCUT2D eigenvalue weighted by Crippen LogP contribution is 2.46. The van der Waals surface area contributed by atoms with E-state index in [0.29, 0.717) is 11.6 Å². The molecule has 2 unspecified atom stereocenters. The predicted molar refractivity (Wildman–Crippen MR) is 109 cm³/mol. The fourth-order valence-corrected chi connectivity index (χ4v) is 5.27. The van der Waals surface area contributed by atoms with E-state index < -0.39 is 5.60 Å². The number of rotatable bonds is 3. The van der Waals surface area contributed by atoms with Gasteiger partial charge in [-0.05, 0) is 44.7 Å². The summed E-state index contributed by atoms with van der Waals surface area (Å²) in [7, 11) is 0. The molecule has 6 rings (SSSR count). The topological polar surface area (TPSA) is 82.9 Å². The van der Waals surface area contributed by atoms with Crippen molar-refractivity contribution in [3.63, 3.8) is 0 Å². The van der Waals surface area contributed by atoms with Crippen molar-refractivity contribution in [1.82, 2.24) is 19.6 Å². The van der Waals surface area contributed by atoms with E-state index in [1.165, 1.54) is 12.8 Å². The fourth-order valence-electron chi connectivity index (χ4n) is 5.27. The molecular formula is C22H24N6O. The first-order chi connectivity index (χ1) is 14.0. The highest BCUT2D eigenvalue weighted by Gasteiger charge is 2.50. The third kappa shape index (κ3) is 2.52. The van der Waals surface area contributed by atoms with Crippen molar-refractivity contribution >= 4 is 16.6 Å². The second kappa shape index (κ2) is 5.83. The summed E-state index contributed by atoms with van der Waals surface area (Å²) in [5, 5.41) is 30.7. The van der Waals surface area contributed by atoms with Crippen LogP contribution in [-0.4, -0.2) is 43.4 Å². The Morgan fingerprint density at radius 3 is 2.55 bits per heavy atom. The first kappa shape index (κ1) is 17.0. The molecule has 29 heavy (non-hydrogen) atoms. The van der Waals surface area contributed by atoms with Gasteiger partial charge in [-0.25, -0.2) is 4.68 Å². The average Bonchev–Trinajstić information content (AvgIpc) is 3.30. The van der Waals surface area contributed by atoms with Gasteiger partial charge in [0.1, 0.15) is 11.8 Å². The number of anilines is 1. The van der Waals surface area contributed by atoms with Gasteiger partial charge in [-0.3, -0.25) is 4.68 Å². The van der Waals surface area contributed by atoms with Crippen LogP contribution in [0.5, 0.6) is 0 Å². The Morgan fingerprint density at radius 1 is 1.10 bits per heavy atom. The van der Waals surface area contributed by atoms with Gasteiger partial charge < -0.3 is 10.0 Å². The molecule has 2 aliphatic carbocycles. The Labute approximate surface area is 169 Å². The largest absolute Gasteiger partial charge is 0.389 e. The summed E-state index contributed by atoms with van der Waals surface area (Å²) in [6, 6.07) is 6.94. The molecule has 2 saturated carbocycles. The monoisotopic (exact) mass is 388 g/mol. The van der Waals surface area contributed by atoms with Crippen LogP contribution in [0.3, 0.4) is 0 Å². The lowest BCUT2D eigenvalue weighted by Gasteiger charge is -2.43. The summed E-state index contributed by atoms with van der Waals surface area (Å²) < 4.78 is 3.94. The van der Waals surface area contributed by atoms with Crippen molar-refractivity contribution in [1.29, 1.82) is 5.26 Å². The molecule has 2 atom stereocenters. The van der Waals surface area contributed by atoms with Crippen molar-refractivity contribution in [2.45, 2.75) is 44.2 Å². The van der Waals surface area contributed by atoms with Gasteiger partial charge >= 0.3 is 0 Å². The highest BCUT2D eigenvalue weighted by atomic mass is 16.3. The number of hydrogen-bond donors (Lipinski definition) is 1. The van der Waals surface area contributed by atoms with E-state index in [0.717, 1.165) is 48.2 Å². The van der Waals surface area contributed by atoms with Gasteiger partial charge in [-0.15, -0.1) is 0 Å². The molecule has 1 N–H and O–H groups in total. The van der Waals surface area contributed by atoms with E-state index in [-0.39, 0.29) is 11.8 Å². The normalized spacial score (nSPS) is 28.8. The van der Waals surface area contributed by atoms with Crippen LogP contribution in [-0.2, 0) is 0 Å². The van der Waals surface area contributed by atoms with Crippen molar-refractivity contribution in [3.05, 3.63) is 36.3 Å². The van der Waals surface area contributed by atoms with Crippen LogP contribution in [0.15, 0.2) is 30.7 Å². The van der Waals surface area contributed by atoms with Crippen LogP contribution in [0.25, 0.3) is 16.6 Å². The SMILES string of the molecule is CC1(O)C2CCC1CN(c1cc3c(cnn3-c3cnn(C4CC4)c3)cc1C#N)C2. The maximum absolute atomic E-state index is 10.8. The molecule has 0 radical (unpaired) electrons. The molecule has 7 nitrogen and oxygen atoms in total. The number of piperidine rings is 1. The Hall–Kier alpha value is -2.85. The van der Waals surface area contributed by atoms with Crippen LogP contribution in [0.1, 0.15) is 44.2 Å². The second-order valence-corrected chi connectivity index (χ2v) is 9.11. The number of nitrogens with zero attached hydrogens (tertiary/aromatic N) is 6. The van der Waals surface area contributed by atoms with E-state index in [4.69, 9.17) is 0 Å². The van der Waals surface area contributed by atoms with Crippen LogP contribution in [0.2, 0.25) is 0 Å². The number of fused-ring (bicyclic) bond motifs is 3. The van der Waals surface area contributed by atoms with Crippen molar-refractivity contribution in [3.8, 4) is 11.8 Å². The van der Waals surface area contributed by atoms with Crippen molar-refractivity contribution in [2.75, 3.05) is 18.0 Å². The Kier molecular flexibility index (Phi) is 3.43. The minimum absolute atomic E-state index is 0.255. The minimum atomic E-state index is -0.591. The van der Waals surface area contributed by atoms with E-state index in [9.17, 15) is 10.4 Å². The fraction of sp³-hybridized carbons (Fsp3) is 0.500. The smallest absolute Gasteiger partial charge is 0.103 e. The molecule has 3 aliphatic rings. The van der Waals surface area contributed by atoms with Crippen LogP contribution < -0.4 is 4.90 Å². The highest BCUT2D eigenvalue weighted by molar-refractivity contribution is 5.87. The molecule has 3 fully saturated rings. The second-order valence-electron chi connectivity index (χ2n) is 9.11. The number of aromatic nitrogens is 4. The Morgan fingerprint density at radius 2 is 1.86 bits per heavy atom. The minimum Gasteiger partial charge on any atom is -0.389 e. The number of hydrogen-bond acceptors (Lipinski definition) is 5. The van der Waals surface area contributed by atoms with Crippen LogP contribution >= 0.6 is 0 Å². The Bertz CT molecular complexity index is 1130. The van der Waals surface area contributed by atoms with Gasteiger partial charge in [-0.2, -0.15) is 15.5 Å². The molecular weight excluding hydrogens is 364 g/mol. The standard InChI is InChI=1S/C22H24N6O/c1-22(29)16-2-3-17(22)12-26(11-16)20-7-21-15(6-14(20)8-23)9-25-28(21)19-10-24-27(13-19)18-4-5-18/h6-7,9-10,13,16-18,29H,2-5,11-12H2,1H3. The molecule has 1 aromatic carbocycles. The molecule has 1 aliphatic heterocycles. The summed E-state index contributed by atoms with van der Waals surface area (Å²) in [6.45, 7) is 3.56. The summed E-state index contributed by atoms with van der Waals surface area (Å²) in [4.78, 5) is 2.29. The maximum atomic E-state index is 10.8. The zero-order valence-corrected chi connectivity index (χ0v) is 16.5. The van der Waals surface area contributed by atoms with Gasteiger partial charge in [0.15, 0.2) is 0 Å². The number of benzene rings is 1. The summed E-state index contributed by atoms with van der Waals surface area (Å²) in [5.74, 6) is 0.510. The number of aliphatic hydroxyl groups is 1. The van der Waals surface area contributed by atoms with Crippen LogP contribution in [0, 0.1) is 23.2 Å². The third-order valence-electron chi connectivity index (χ3n) is 7.30. The van der Waals surface area contributed by atoms with E-state index in [1.807, 2.05) is 34.7 Å². The summed E-state index contributed by atoms with van der Waals surface area (Å²) in [5.41, 5.74) is 2.96. The molecule has 2 aromatic heterocycles. The van der Waals surface area contributed by atoms with Crippen LogP contribution in [0.4, 0.5) is 5.69 Å². The molecule has 0 amide bonds. The van der Waals surface area contributed by atoms with Crippen molar-refractivity contribution in [2.24, 2.45) is 11.8 Å². The Balaban J connectivity index is 1.42. The predicted octanol–water partition coefficient (Wildman–Crippen LogP) is 3.03. The van der Waals surface area contributed by atoms with Crippen molar-refractivity contribution < 1.29 is 5.11 Å². The first-order valence-corrected chi connectivity index (χ1v) is 10.5. The molecule has 1 saturated heterocycles. The molecule has 2 bridgehead atoms. The lowest BCUT2D eigenvalue weighted by atomic mass is 9.81. The third-order valence-corrected chi connectivity index (χ3v) is 7.30. The van der Waals surface area contributed by atoms with Gasteiger partial charge in [0.25, 0.3) is 0 Å². The lowest BCUT2D eigenvalue weighted by Crippen LogP contribution is -2.52. The maximum Gasteiger partial charge on any atom is 0.103 e. The zero-order valence-electron chi connectivity index (χ0n) is 16.5. The number of nitriles is 1. The van der Waals surface area contributed by atoms with E-state index in [2.05, 4.69) is 33.4 Å². The van der Waals surface area contributed by atoms with Gasteiger partial charge in [0, 0.05) is 30.3 Å². The average molecular weight is 388 g/mol. The van der Waals surface area contributed by atoms with Gasteiger partial charge in [0.2, 0.25) is 0 Å². The molecule has 3 heterocycles. The van der Waals surface area contributed by atoms with Gasteiger partial charge in [0.05, 0.1) is 47.0 Å². The molecule has 3 aromatic rings. The van der Waals surface area contributed by atoms with E-state index >= 15 is 0 Å². The first-order valence-electron chi connectivity index (χ1n) is 10.5.